The van der Waals surface area contributed by atoms with Crippen LogP contribution in [0.4, 0.5) is 52.5 Å². The number of benzene rings is 3. The number of likely N-dealkylation sites (tertiary alicyclic amines) is 1. The molecule has 15 heteroatoms. The van der Waals surface area contributed by atoms with E-state index in [4.69, 9.17) is 21.5 Å². The van der Waals surface area contributed by atoms with Crippen molar-refractivity contribution in [3.63, 3.8) is 0 Å². The number of carbonyl (C=O) groups is 3. The third-order valence-electron chi connectivity index (χ3n) is 7.90. The van der Waals surface area contributed by atoms with Crippen molar-refractivity contribution < 1.29 is 32.7 Å². The number of alkyl halides is 3. The molecule has 6 rings (SSSR count). The molecule has 256 valence electrons. The number of carboxylic acid groups (broad SMARTS) is 1. The molecule has 0 unspecified atom stereocenters. The number of carbonyl (C=O) groups excluding carboxylic acids is 2. The fraction of sp³-hybridized carbons (Fsp3) is 0.265. The standard InChI is InChI=1S/C32H32ClN7O2.C2HF3O2/c33-27-20-34-31-36-25-8-4-5-21(17-25)9-10-23-19-26(35-30(27)39-31)11-12-28(23)38-29(41)18-22-13-15-40(16-14-22)32(42)37-24-6-2-1-3-7-24;3-2(4,5)1(6)7/h1-8,11-12,17,19-20,22H,9-10,13-16,18H2,(H,37,42)(H,38,41)(H2,34,35,36,39);(H,6,7). The molecule has 3 amide bonds. The Kier molecular flexibility index (Phi) is 11.2. The van der Waals surface area contributed by atoms with Crippen molar-refractivity contribution in [3.05, 3.63) is 95.1 Å². The molecular formula is C34H33ClF3N7O4. The molecule has 0 saturated carbocycles. The number of halogens is 4. The van der Waals surface area contributed by atoms with Gasteiger partial charge in [0.25, 0.3) is 0 Å². The topological polar surface area (TPSA) is 149 Å². The lowest BCUT2D eigenvalue weighted by Gasteiger charge is -2.31. The molecule has 6 bridgehead atoms. The smallest absolute Gasteiger partial charge is 0.475 e. The molecular weight excluding hydrogens is 663 g/mol. The Balaban J connectivity index is 0.000000606. The van der Waals surface area contributed by atoms with E-state index in [1.165, 1.54) is 0 Å². The fourth-order valence-corrected chi connectivity index (χ4v) is 5.53. The van der Waals surface area contributed by atoms with Crippen LogP contribution in [0.1, 0.15) is 30.4 Å². The van der Waals surface area contributed by atoms with E-state index < -0.39 is 12.1 Å². The Morgan fingerprint density at radius 2 is 1.63 bits per heavy atom. The summed E-state index contributed by atoms with van der Waals surface area (Å²) in [5.41, 5.74) is 5.47. The molecule has 3 aromatic carbocycles. The summed E-state index contributed by atoms with van der Waals surface area (Å²) in [5, 5.41) is 20.2. The number of piperidine rings is 1. The molecule has 49 heavy (non-hydrogen) atoms. The SMILES string of the molecule is O=C(CC1CCN(C(=O)Nc2ccccc2)CC1)Nc1ccc2cc1CCc1cccc(c1)Nc1ncc(Cl)c(n1)N2.O=C(O)C(F)(F)F. The Morgan fingerprint density at radius 3 is 2.35 bits per heavy atom. The highest BCUT2D eigenvalue weighted by Crippen LogP contribution is 2.30. The van der Waals surface area contributed by atoms with Crippen LogP contribution in [0.25, 0.3) is 0 Å². The van der Waals surface area contributed by atoms with Gasteiger partial charge in [-0.15, -0.1) is 0 Å². The number of urea groups is 1. The predicted molar refractivity (Wildman–Crippen MR) is 181 cm³/mol. The molecule has 1 fully saturated rings. The molecule has 0 spiro atoms. The largest absolute Gasteiger partial charge is 0.490 e. The molecule has 2 aliphatic heterocycles. The van der Waals surface area contributed by atoms with E-state index in [0.29, 0.717) is 36.3 Å². The third kappa shape index (κ3) is 10.1. The van der Waals surface area contributed by atoms with Crippen LogP contribution in [0.5, 0.6) is 0 Å². The lowest BCUT2D eigenvalue weighted by Crippen LogP contribution is -2.41. The molecule has 1 saturated heterocycles. The molecule has 0 atom stereocenters. The van der Waals surface area contributed by atoms with Crippen LogP contribution in [-0.2, 0) is 22.4 Å². The number of hydrogen-bond acceptors (Lipinski definition) is 7. The van der Waals surface area contributed by atoms with Gasteiger partial charge in [-0.05, 0) is 85.2 Å². The van der Waals surface area contributed by atoms with Gasteiger partial charge in [0.05, 0.1) is 6.20 Å². The second kappa shape index (κ2) is 15.7. The second-order valence-corrected chi connectivity index (χ2v) is 11.9. The van der Waals surface area contributed by atoms with E-state index >= 15 is 0 Å². The minimum Gasteiger partial charge on any atom is -0.475 e. The monoisotopic (exact) mass is 695 g/mol. The zero-order chi connectivity index (χ0) is 35.0. The van der Waals surface area contributed by atoms with Gasteiger partial charge in [0.1, 0.15) is 5.02 Å². The van der Waals surface area contributed by atoms with Crippen LogP contribution in [0.15, 0.2) is 79.0 Å². The highest BCUT2D eigenvalue weighted by molar-refractivity contribution is 6.32. The van der Waals surface area contributed by atoms with Gasteiger partial charge in [-0.2, -0.15) is 18.2 Å². The van der Waals surface area contributed by atoms with Crippen molar-refractivity contribution in [2.45, 2.75) is 38.3 Å². The van der Waals surface area contributed by atoms with Gasteiger partial charge in [0.2, 0.25) is 11.9 Å². The lowest BCUT2D eigenvalue weighted by atomic mass is 9.93. The van der Waals surface area contributed by atoms with Crippen molar-refractivity contribution in [1.29, 1.82) is 0 Å². The number of fused-ring (bicyclic) bond motifs is 6. The summed E-state index contributed by atoms with van der Waals surface area (Å²) in [6.07, 6.45) is 0.0128. The van der Waals surface area contributed by atoms with Crippen LogP contribution < -0.4 is 21.3 Å². The van der Waals surface area contributed by atoms with Crippen molar-refractivity contribution in [3.8, 4) is 0 Å². The average Bonchev–Trinajstić information content (AvgIpc) is 3.07. The molecule has 11 nitrogen and oxygen atoms in total. The number of nitrogens with zero attached hydrogens (tertiary/aromatic N) is 3. The first-order valence-electron chi connectivity index (χ1n) is 15.4. The van der Waals surface area contributed by atoms with E-state index in [2.05, 4.69) is 43.4 Å². The molecule has 2 aliphatic rings. The Bertz CT molecular complexity index is 1800. The van der Waals surface area contributed by atoms with Gasteiger partial charge >= 0.3 is 18.2 Å². The summed E-state index contributed by atoms with van der Waals surface area (Å²) in [4.78, 5) is 45.4. The van der Waals surface area contributed by atoms with Crippen LogP contribution in [0.2, 0.25) is 5.02 Å². The number of nitrogens with one attached hydrogen (secondary N) is 4. The molecule has 0 radical (unpaired) electrons. The molecule has 5 N–H and O–H groups in total. The number of aromatic nitrogens is 2. The van der Waals surface area contributed by atoms with Crippen LogP contribution in [0.3, 0.4) is 0 Å². The minimum absolute atomic E-state index is 0.0169. The number of para-hydroxylation sites is 1. The first-order valence-corrected chi connectivity index (χ1v) is 15.8. The number of anilines is 6. The number of aryl methyl sites for hydroxylation is 2. The molecule has 0 aliphatic carbocycles. The quantitative estimate of drug-likeness (QED) is 0.146. The first kappa shape index (κ1) is 35.0. The van der Waals surface area contributed by atoms with E-state index in [1.54, 1.807) is 6.20 Å². The van der Waals surface area contributed by atoms with E-state index in [-0.39, 0.29) is 17.9 Å². The Hall–Kier alpha value is -5.37. The van der Waals surface area contributed by atoms with Gasteiger partial charge in [0, 0.05) is 42.3 Å². The van der Waals surface area contributed by atoms with Crippen LogP contribution in [-0.4, -0.2) is 57.1 Å². The van der Waals surface area contributed by atoms with Crippen LogP contribution in [0, 0.1) is 5.92 Å². The maximum atomic E-state index is 13.2. The Morgan fingerprint density at radius 1 is 0.918 bits per heavy atom. The van der Waals surface area contributed by atoms with Gasteiger partial charge < -0.3 is 31.3 Å². The highest BCUT2D eigenvalue weighted by atomic mass is 35.5. The minimum atomic E-state index is -5.08. The predicted octanol–water partition coefficient (Wildman–Crippen LogP) is 7.62. The number of hydrogen-bond donors (Lipinski definition) is 5. The highest BCUT2D eigenvalue weighted by Gasteiger charge is 2.38. The maximum absolute atomic E-state index is 13.2. The number of carboxylic acids is 1. The van der Waals surface area contributed by atoms with Crippen molar-refractivity contribution in [2.75, 3.05) is 34.4 Å². The molecule has 4 aromatic rings. The summed E-state index contributed by atoms with van der Waals surface area (Å²) >= 11 is 6.39. The van der Waals surface area contributed by atoms with Crippen molar-refractivity contribution >= 4 is 64.0 Å². The van der Waals surface area contributed by atoms with Gasteiger partial charge in [-0.1, -0.05) is 41.9 Å². The molecule has 1 aromatic heterocycles. The second-order valence-electron chi connectivity index (χ2n) is 11.5. The van der Waals surface area contributed by atoms with E-state index in [0.717, 1.165) is 59.6 Å². The summed E-state index contributed by atoms with van der Waals surface area (Å²) in [6.45, 7) is 1.26. The lowest BCUT2D eigenvalue weighted by molar-refractivity contribution is -0.192. The zero-order valence-corrected chi connectivity index (χ0v) is 26.8. The van der Waals surface area contributed by atoms with E-state index in [1.807, 2.05) is 65.6 Å². The molecule has 3 heterocycles. The van der Waals surface area contributed by atoms with Gasteiger partial charge in [-0.3, -0.25) is 4.79 Å². The average molecular weight is 696 g/mol. The number of amides is 3. The zero-order valence-electron chi connectivity index (χ0n) is 26.1. The number of aliphatic carboxylic acids is 1. The summed E-state index contributed by atoms with van der Waals surface area (Å²) in [5.74, 6) is -1.61. The number of rotatable bonds is 4. The fourth-order valence-electron chi connectivity index (χ4n) is 5.39. The summed E-state index contributed by atoms with van der Waals surface area (Å²) in [7, 11) is 0. The maximum Gasteiger partial charge on any atom is 0.490 e. The third-order valence-corrected chi connectivity index (χ3v) is 8.17. The van der Waals surface area contributed by atoms with Gasteiger partial charge in [-0.25, -0.2) is 14.6 Å². The first-order chi connectivity index (χ1) is 23.4. The Labute approximate surface area is 284 Å². The van der Waals surface area contributed by atoms with Crippen LogP contribution >= 0.6 is 11.6 Å². The normalized spacial score (nSPS) is 14.2. The summed E-state index contributed by atoms with van der Waals surface area (Å²) in [6, 6.07) is 23.4. The van der Waals surface area contributed by atoms with E-state index in [9.17, 15) is 22.8 Å². The van der Waals surface area contributed by atoms with Crippen molar-refractivity contribution in [1.82, 2.24) is 14.9 Å². The van der Waals surface area contributed by atoms with Crippen molar-refractivity contribution in [2.24, 2.45) is 5.92 Å². The van der Waals surface area contributed by atoms with Gasteiger partial charge in [0.15, 0.2) is 5.82 Å². The summed E-state index contributed by atoms with van der Waals surface area (Å²) < 4.78 is 31.7.